The Kier molecular flexibility index (Phi) is 6.99. The van der Waals surface area contributed by atoms with Gasteiger partial charge >= 0.3 is 0 Å². The minimum Gasteiger partial charge on any atom is -0.369 e. The third kappa shape index (κ3) is 6.06. The Morgan fingerprint density at radius 2 is 1.83 bits per heavy atom. The highest BCUT2D eigenvalue weighted by molar-refractivity contribution is 8.32. The lowest BCUT2D eigenvalue weighted by atomic mass is 9.86. The zero-order valence-electron chi connectivity index (χ0n) is 20.2. The summed E-state index contributed by atoms with van der Waals surface area (Å²) in [4.78, 5) is 35.2. The Labute approximate surface area is 205 Å². The lowest BCUT2D eigenvalue weighted by Crippen LogP contribution is -2.39. The number of hydrogen-bond acceptors (Lipinski definition) is 6. The Hall–Kier alpha value is -2.82. The average molecular weight is 508 g/mol. The molecule has 8 nitrogen and oxygen atoms in total. The predicted molar refractivity (Wildman–Crippen MR) is 135 cm³/mol. The van der Waals surface area contributed by atoms with Crippen molar-refractivity contribution >= 4 is 33.1 Å². The molecule has 1 saturated carbocycles. The number of non-ortho nitro benzene ring substituents is 1. The molecule has 2 fully saturated rings. The number of nitro groups is 1. The highest BCUT2D eigenvalue weighted by Gasteiger charge is 2.36. The summed E-state index contributed by atoms with van der Waals surface area (Å²) in [6.07, 6.45) is 4.74. The average Bonchev–Trinajstić information content (AvgIpc) is 2.78. The second-order valence-corrected chi connectivity index (χ2v) is 14.3. The van der Waals surface area contributed by atoms with Crippen LogP contribution in [0.4, 0.5) is 26.0 Å². The first-order chi connectivity index (χ1) is 16.4. The first kappa shape index (κ1) is 25.3. The Morgan fingerprint density at radius 3 is 2.46 bits per heavy atom. The van der Waals surface area contributed by atoms with E-state index in [2.05, 4.69) is 27.8 Å². The molecule has 1 N–H and O–H groups in total. The standard InChI is InChI=1S/C24H31F2N5O3S/c1-16-14-21(28-22(27-16)17-6-8-24(25,26)9-7-17)29-23(32)19-5-4-18(31(33)34)15-20(19)30-10-12-35(2,3)13-11-30/h4-5,14-15,17H,6-13H2,1-3H3,(H,27,28,29,32). The molecule has 1 amide bonds. The van der Waals surface area contributed by atoms with Crippen LogP contribution in [0.1, 0.15) is 53.5 Å². The summed E-state index contributed by atoms with van der Waals surface area (Å²) in [6, 6.07) is 5.90. The van der Waals surface area contributed by atoms with Crippen molar-refractivity contribution in [1.29, 1.82) is 0 Å². The van der Waals surface area contributed by atoms with E-state index in [9.17, 15) is 23.7 Å². The van der Waals surface area contributed by atoms with Gasteiger partial charge in [-0.3, -0.25) is 14.9 Å². The van der Waals surface area contributed by atoms with E-state index < -0.39 is 26.8 Å². The minimum absolute atomic E-state index is 0.0667. The molecule has 2 aliphatic rings. The van der Waals surface area contributed by atoms with Crippen molar-refractivity contribution < 1.29 is 18.5 Å². The fourth-order valence-electron chi connectivity index (χ4n) is 4.58. The van der Waals surface area contributed by atoms with E-state index in [0.717, 1.165) is 24.6 Å². The lowest BCUT2D eigenvalue weighted by Gasteiger charge is -2.42. The van der Waals surface area contributed by atoms with Crippen LogP contribution >= 0.6 is 10.0 Å². The molecule has 1 aromatic heterocycles. The fourth-order valence-corrected chi connectivity index (χ4v) is 6.21. The van der Waals surface area contributed by atoms with E-state index in [-0.39, 0.29) is 24.4 Å². The molecule has 190 valence electrons. The van der Waals surface area contributed by atoms with Gasteiger partial charge in [0.15, 0.2) is 0 Å². The van der Waals surface area contributed by atoms with Crippen LogP contribution in [0, 0.1) is 17.0 Å². The third-order valence-electron chi connectivity index (χ3n) is 6.80. The molecule has 2 aromatic rings. The van der Waals surface area contributed by atoms with Crippen molar-refractivity contribution in [3.8, 4) is 0 Å². The van der Waals surface area contributed by atoms with Crippen LogP contribution in [0.3, 0.4) is 0 Å². The molecule has 1 aromatic carbocycles. The zero-order valence-corrected chi connectivity index (χ0v) is 21.0. The fraction of sp³-hybridized carbons (Fsp3) is 0.542. The van der Waals surface area contributed by atoms with Crippen molar-refractivity contribution in [1.82, 2.24) is 9.97 Å². The highest BCUT2D eigenvalue weighted by Crippen LogP contribution is 2.43. The van der Waals surface area contributed by atoms with Gasteiger partial charge < -0.3 is 10.2 Å². The van der Waals surface area contributed by atoms with Gasteiger partial charge in [0, 0.05) is 55.7 Å². The molecular formula is C24H31F2N5O3S. The molecule has 0 unspecified atom stereocenters. The number of carbonyl (C=O) groups excluding carboxylic acids is 1. The number of amides is 1. The highest BCUT2D eigenvalue weighted by atomic mass is 32.3. The van der Waals surface area contributed by atoms with E-state index in [1.807, 2.05) is 4.90 Å². The van der Waals surface area contributed by atoms with Gasteiger partial charge in [0.05, 0.1) is 16.2 Å². The first-order valence-corrected chi connectivity index (χ1v) is 14.5. The molecule has 0 atom stereocenters. The monoisotopic (exact) mass is 507 g/mol. The van der Waals surface area contributed by atoms with Gasteiger partial charge in [-0.05, 0) is 49.8 Å². The number of hydrogen-bond donors (Lipinski definition) is 1. The van der Waals surface area contributed by atoms with Crippen LogP contribution < -0.4 is 10.2 Å². The molecule has 1 aliphatic heterocycles. The van der Waals surface area contributed by atoms with Crippen molar-refractivity contribution in [2.24, 2.45) is 0 Å². The molecule has 4 rings (SSSR count). The molecule has 1 aliphatic carbocycles. The van der Waals surface area contributed by atoms with Gasteiger partial charge in [-0.25, -0.2) is 28.8 Å². The van der Waals surface area contributed by atoms with E-state index in [1.54, 1.807) is 13.0 Å². The van der Waals surface area contributed by atoms with Crippen molar-refractivity contribution in [3.05, 3.63) is 51.5 Å². The van der Waals surface area contributed by atoms with Crippen molar-refractivity contribution in [2.75, 3.05) is 47.3 Å². The lowest BCUT2D eigenvalue weighted by molar-refractivity contribution is -0.384. The van der Waals surface area contributed by atoms with Crippen LogP contribution in [0.25, 0.3) is 0 Å². The van der Waals surface area contributed by atoms with Gasteiger partial charge in [-0.1, -0.05) is 0 Å². The molecule has 11 heteroatoms. The number of aromatic nitrogens is 2. The maximum absolute atomic E-state index is 13.6. The number of nitrogens with zero attached hydrogens (tertiary/aromatic N) is 4. The summed E-state index contributed by atoms with van der Waals surface area (Å²) in [7, 11) is -0.699. The number of nitrogens with one attached hydrogen (secondary N) is 1. The first-order valence-electron chi connectivity index (χ1n) is 11.7. The van der Waals surface area contributed by atoms with E-state index in [1.165, 1.54) is 18.2 Å². The summed E-state index contributed by atoms with van der Waals surface area (Å²) in [5.74, 6) is -0.512. The van der Waals surface area contributed by atoms with E-state index in [4.69, 9.17) is 0 Å². The van der Waals surface area contributed by atoms with Crippen LogP contribution in [0.15, 0.2) is 24.3 Å². The number of nitro benzene ring substituents is 1. The number of carbonyl (C=O) groups is 1. The Balaban J connectivity index is 1.58. The van der Waals surface area contributed by atoms with Crippen LogP contribution in [0.5, 0.6) is 0 Å². The number of rotatable bonds is 5. The van der Waals surface area contributed by atoms with Crippen molar-refractivity contribution in [3.63, 3.8) is 0 Å². The summed E-state index contributed by atoms with van der Waals surface area (Å²) < 4.78 is 27.2. The summed E-state index contributed by atoms with van der Waals surface area (Å²) >= 11 is 0. The molecule has 2 heterocycles. The quantitative estimate of drug-likeness (QED) is 0.445. The van der Waals surface area contributed by atoms with Crippen LogP contribution in [-0.2, 0) is 0 Å². The predicted octanol–water partition coefficient (Wildman–Crippen LogP) is 5.12. The Morgan fingerprint density at radius 1 is 1.17 bits per heavy atom. The largest absolute Gasteiger partial charge is 0.369 e. The van der Waals surface area contributed by atoms with Gasteiger partial charge in [0.2, 0.25) is 5.92 Å². The molecule has 1 saturated heterocycles. The van der Waals surface area contributed by atoms with Crippen LogP contribution in [-0.4, -0.2) is 63.8 Å². The second-order valence-electron chi connectivity index (χ2n) is 9.96. The third-order valence-corrected chi connectivity index (χ3v) is 9.38. The smallest absolute Gasteiger partial charge is 0.271 e. The summed E-state index contributed by atoms with van der Waals surface area (Å²) in [6.45, 7) is 3.23. The van der Waals surface area contributed by atoms with Gasteiger partial charge in [0.25, 0.3) is 11.6 Å². The Bertz CT molecular complexity index is 1120. The number of aryl methyl sites for hydroxylation is 1. The van der Waals surface area contributed by atoms with Crippen molar-refractivity contribution in [2.45, 2.75) is 44.4 Å². The summed E-state index contributed by atoms with van der Waals surface area (Å²) in [5, 5.41) is 14.2. The summed E-state index contributed by atoms with van der Waals surface area (Å²) in [5.41, 5.74) is 1.43. The van der Waals surface area contributed by atoms with Gasteiger partial charge in [-0.15, -0.1) is 0 Å². The molecule has 0 radical (unpaired) electrons. The van der Waals surface area contributed by atoms with E-state index >= 15 is 0 Å². The van der Waals surface area contributed by atoms with Crippen LogP contribution in [0.2, 0.25) is 0 Å². The molecular weight excluding hydrogens is 476 g/mol. The van der Waals surface area contributed by atoms with E-state index in [0.29, 0.717) is 41.4 Å². The number of benzene rings is 1. The maximum Gasteiger partial charge on any atom is 0.271 e. The molecule has 0 bridgehead atoms. The second kappa shape index (κ2) is 9.67. The number of anilines is 2. The number of alkyl halides is 2. The SMILES string of the molecule is Cc1cc(NC(=O)c2ccc([N+](=O)[O-])cc2N2CCS(C)(C)CC2)nc(C2CCC(F)(F)CC2)n1. The zero-order chi connectivity index (χ0) is 25.4. The molecule has 35 heavy (non-hydrogen) atoms. The van der Waals surface area contributed by atoms with Gasteiger partial charge in [0.1, 0.15) is 11.6 Å². The number of halogens is 2. The minimum atomic E-state index is -2.64. The topological polar surface area (TPSA) is 101 Å². The maximum atomic E-state index is 13.6. The normalized spacial score (nSPS) is 20.8. The van der Waals surface area contributed by atoms with Gasteiger partial charge in [-0.2, -0.15) is 0 Å². The molecule has 0 spiro atoms.